The molecular formula is C33H40N2O3S. The summed E-state index contributed by atoms with van der Waals surface area (Å²) in [5.41, 5.74) is 4.77. The van der Waals surface area contributed by atoms with E-state index in [2.05, 4.69) is 64.7 Å². The van der Waals surface area contributed by atoms with Crippen LogP contribution in [0.3, 0.4) is 0 Å². The van der Waals surface area contributed by atoms with Crippen LogP contribution in [0.5, 0.6) is 11.5 Å². The number of thiophene rings is 1. The first-order valence-corrected chi connectivity index (χ1v) is 14.9. The molecule has 4 aromatic rings. The van der Waals surface area contributed by atoms with Crippen LogP contribution < -0.4 is 15.0 Å². The summed E-state index contributed by atoms with van der Waals surface area (Å²) < 4.78 is 12.0. The van der Waals surface area contributed by atoms with Crippen molar-refractivity contribution in [3.05, 3.63) is 74.4 Å². The van der Waals surface area contributed by atoms with Crippen molar-refractivity contribution in [3.8, 4) is 22.9 Å². The van der Waals surface area contributed by atoms with Crippen LogP contribution in [0, 0.1) is 18.3 Å². The van der Waals surface area contributed by atoms with E-state index in [0.717, 1.165) is 53.0 Å². The average molecular weight is 545 g/mol. The second-order valence-corrected chi connectivity index (χ2v) is 13.3. The molecule has 1 aliphatic rings. The molecule has 206 valence electrons. The Kier molecular flexibility index (Phi) is 7.86. The van der Waals surface area contributed by atoms with Crippen molar-refractivity contribution in [3.63, 3.8) is 0 Å². The van der Waals surface area contributed by atoms with Crippen molar-refractivity contribution in [2.45, 2.75) is 73.1 Å². The van der Waals surface area contributed by atoms with Crippen LogP contribution >= 0.6 is 11.3 Å². The minimum atomic E-state index is -0.0312. The number of H-pyrrole nitrogens is 1. The molecule has 2 aromatic heterocycles. The smallest absolute Gasteiger partial charge is 0.260 e. The van der Waals surface area contributed by atoms with Gasteiger partial charge in [-0.25, -0.2) is 4.98 Å². The highest BCUT2D eigenvalue weighted by atomic mass is 32.1. The lowest BCUT2D eigenvalue weighted by molar-refractivity contribution is 0.218. The summed E-state index contributed by atoms with van der Waals surface area (Å²) >= 11 is 1.70. The van der Waals surface area contributed by atoms with Crippen molar-refractivity contribution < 1.29 is 9.47 Å². The molecule has 0 radical (unpaired) electrons. The van der Waals surface area contributed by atoms with Gasteiger partial charge in [0.05, 0.1) is 18.6 Å². The Labute approximate surface area is 235 Å². The zero-order valence-electron chi connectivity index (χ0n) is 24.0. The molecule has 5 rings (SSSR count). The van der Waals surface area contributed by atoms with Gasteiger partial charge in [0, 0.05) is 16.9 Å². The van der Waals surface area contributed by atoms with E-state index in [-0.39, 0.29) is 11.0 Å². The topological polar surface area (TPSA) is 64.2 Å². The zero-order valence-corrected chi connectivity index (χ0v) is 24.8. The van der Waals surface area contributed by atoms with Crippen molar-refractivity contribution in [2.75, 3.05) is 13.2 Å². The number of aryl methyl sites for hydroxylation is 2. The molecule has 5 nitrogen and oxygen atoms in total. The third-order valence-electron chi connectivity index (χ3n) is 7.88. The van der Waals surface area contributed by atoms with E-state index in [9.17, 15) is 4.79 Å². The van der Waals surface area contributed by atoms with Gasteiger partial charge in [0.15, 0.2) is 0 Å². The molecule has 0 spiro atoms. The highest BCUT2D eigenvalue weighted by molar-refractivity contribution is 7.18. The molecule has 2 heterocycles. The SMILES string of the molecule is Cc1ccc(C(C)C)c(OCCCOc2ccc(-c3nc4sc5c(c4c(=O)[nH]3)CCC(C(C)(C)C)C5)cc2)c1. The van der Waals surface area contributed by atoms with Crippen molar-refractivity contribution >= 4 is 21.6 Å². The van der Waals surface area contributed by atoms with Gasteiger partial charge in [0.25, 0.3) is 5.56 Å². The van der Waals surface area contributed by atoms with Crippen LogP contribution in [0.2, 0.25) is 0 Å². The van der Waals surface area contributed by atoms with Gasteiger partial charge >= 0.3 is 0 Å². The van der Waals surface area contributed by atoms with Gasteiger partial charge in [-0.2, -0.15) is 0 Å². The summed E-state index contributed by atoms with van der Waals surface area (Å²) in [6.07, 6.45) is 3.91. The maximum absolute atomic E-state index is 13.1. The summed E-state index contributed by atoms with van der Waals surface area (Å²) in [7, 11) is 0. The van der Waals surface area contributed by atoms with Crippen molar-refractivity contribution in [2.24, 2.45) is 11.3 Å². The molecule has 0 saturated heterocycles. The van der Waals surface area contributed by atoms with Gasteiger partial charge in [-0.05, 0) is 90.5 Å². The molecular weight excluding hydrogens is 504 g/mol. The minimum Gasteiger partial charge on any atom is -0.493 e. The molecule has 1 unspecified atom stereocenters. The van der Waals surface area contributed by atoms with Gasteiger partial charge in [0.1, 0.15) is 22.2 Å². The zero-order chi connectivity index (χ0) is 27.7. The second kappa shape index (κ2) is 11.2. The number of aromatic amines is 1. The number of aromatic nitrogens is 2. The fraction of sp³-hybridized carbons (Fsp3) is 0.455. The van der Waals surface area contributed by atoms with E-state index in [1.165, 1.54) is 21.6 Å². The fourth-order valence-corrected chi connectivity index (χ4v) is 6.74. The molecule has 0 fully saturated rings. The Morgan fingerprint density at radius 3 is 2.54 bits per heavy atom. The average Bonchev–Trinajstić information content (AvgIpc) is 3.26. The number of ether oxygens (including phenoxy) is 2. The summed E-state index contributed by atoms with van der Waals surface area (Å²) in [5, 5.41) is 0.791. The summed E-state index contributed by atoms with van der Waals surface area (Å²) in [6.45, 7) is 14.6. The summed E-state index contributed by atoms with van der Waals surface area (Å²) in [4.78, 5) is 23.2. The molecule has 0 bridgehead atoms. The Balaban J connectivity index is 1.21. The van der Waals surface area contributed by atoms with Crippen LogP contribution in [0.4, 0.5) is 0 Å². The Hall–Kier alpha value is -3.12. The van der Waals surface area contributed by atoms with Gasteiger partial charge < -0.3 is 14.5 Å². The molecule has 0 saturated carbocycles. The summed E-state index contributed by atoms with van der Waals surface area (Å²) in [6, 6.07) is 14.2. The lowest BCUT2D eigenvalue weighted by atomic mass is 9.72. The van der Waals surface area contributed by atoms with Gasteiger partial charge in [-0.1, -0.05) is 46.8 Å². The predicted molar refractivity (Wildman–Crippen MR) is 162 cm³/mol. The highest BCUT2D eigenvalue weighted by Gasteiger charge is 2.31. The van der Waals surface area contributed by atoms with Gasteiger partial charge in [0.2, 0.25) is 0 Å². The molecule has 0 aliphatic heterocycles. The van der Waals surface area contributed by atoms with E-state index in [4.69, 9.17) is 14.5 Å². The molecule has 0 amide bonds. The quantitative estimate of drug-likeness (QED) is 0.228. The maximum Gasteiger partial charge on any atom is 0.260 e. The lowest BCUT2D eigenvalue weighted by Crippen LogP contribution is -2.26. The Bertz CT molecular complexity index is 1510. The number of benzene rings is 2. The van der Waals surface area contributed by atoms with Gasteiger partial charge in [-0.3, -0.25) is 4.79 Å². The van der Waals surface area contributed by atoms with Gasteiger partial charge in [-0.15, -0.1) is 11.3 Å². The first-order chi connectivity index (χ1) is 18.6. The number of fused-ring (bicyclic) bond motifs is 3. The van der Waals surface area contributed by atoms with Crippen LogP contribution in [0.1, 0.15) is 74.9 Å². The first kappa shape index (κ1) is 27.4. The van der Waals surface area contributed by atoms with E-state index in [1.807, 2.05) is 24.3 Å². The van der Waals surface area contributed by atoms with E-state index < -0.39 is 0 Å². The second-order valence-electron chi connectivity index (χ2n) is 12.2. The molecule has 39 heavy (non-hydrogen) atoms. The number of hydrogen-bond donors (Lipinski definition) is 1. The summed E-state index contributed by atoms with van der Waals surface area (Å²) in [5.74, 6) is 3.42. The molecule has 1 aliphatic carbocycles. The Morgan fingerprint density at radius 2 is 1.82 bits per heavy atom. The monoisotopic (exact) mass is 544 g/mol. The molecule has 1 N–H and O–H groups in total. The number of rotatable bonds is 8. The van der Waals surface area contributed by atoms with Crippen LogP contribution in [0.25, 0.3) is 21.6 Å². The standard InChI is InChI=1S/C33H40N2O3S/c1-20(2)25-14-8-21(3)18-27(25)38-17-7-16-37-24-12-9-22(10-13-24)30-34-31(36)29-26-15-11-23(33(4,5)6)19-28(26)39-32(29)35-30/h8-10,12-14,18,20,23H,7,11,15-17,19H2,1-6H3,(H,34,35,36). The van der Waals surface area contributed by atoms with E-state index in [1.54, 1.807) is 11.3 Å². The Morgan fingerprint density at radius 1 is 1.08 bits per heavy atom. The van der Waals surface area contributed by atoms with Crippen LogP contribution in [-0.4, -0.2) is 23.2 Å². The normalized spacial score (nSPS) is 15.5. The molecule has 1 atom stereocenters. The third-order valence-corrected chi connectivity index (χ3v) is 9.03. The molecule has 2 aromatic carbocycles. The van der Waals surface area contributed by atoms with Crippen molar-refractivity contribution in [1.29, 1.82) is 0 Å². The maximum atomic E-state index is 13.1. The number of hydrogen-bond acceptors (Lipinski definition) is 5. The van der Waals surface area contributed by atoms with Crippen LogP contribution in [0.15, 0.2) is 47.3 Å². The van der Waals surface area contributed by atoms with Crippen LogP contribution in [-0.2, 0) is 12.8 Å². The first-order valence-electron chi connectivity index (χ1n) is 14.1. The van der Waals surface area contributed by atoms with E-state index in [0.29, 0.717) is 30.9 Å². The molecule has 6 heteroatoms. The number of nitrogens with zero attached hydrogens (tertiary/aromatic N) is 1. The van der Waals surface area contributed by atoms with E-state index >= 15 is 0 Å². The largest absolute Gasteiger partial charge is 0.493 e. The predicted octanol–water partition coefficient (Wildman–Crippen LogP) is 8.08. The fourth-order valence-electron chi connectivity index (χ4n) is 5.44. The minimum absolute atomic E-state index is 0.0312. The van der Waals surface area contributed by atoms with Crippen molar-refractivity contribution in [1.82, 2.24) is 9.97 Å². The number of nitrogens with one attached hydrogen (secondary N) is 1. The lowest BCUT2D eigenvalue weighted by Gasteiger charge is -2.33. The highest BCUT2D eigenvalue weighted by Crippen LogP contribution is 2.42. The third kappa shape index (κ3) is 6.06.